The second-order valence-electron chi connectivity index (χ2n) is 8.40. The maximum Gasteiger partial charge on any atom is 0.165 e. The summed E-state index contributed by atoms with van der Waals surface area (Å²) in [6.45, 7) is 0. The van der Waals surface area contributed by atoms with Crippen LogP contribution in [0, 0.1) is 0 Å². The summed E-state index contributed by atoms with van der Waals surface area (Å²) >= 11 is 6.67. The second-order valence-corrected chi connectivity index (χ2v) is 8.83. The molecule has 176 valence electrons. The molecule has 0 saturated heterocycles. The molecule has 0 fully saturated rings. The van der Waals surface area contributed by atoms with Crippen LogP contribution in [-0.2, 0) is 0 Å². The zero-order valence-electron chi connectivity index (χ0n) is 19.7. The summed E-state index contributed by atoms with van der Waals surface area (Å²) in [4.78, 5) is 23.5. The van der Waals surface area contributed by atoms with Gasteiger partial charge in [0, 0.05) is 57.6 Å². The highest BCUT2D eigenvalue weighted by molar-refractivity contribution is 6.31. The fourth-order valence-electron chi connectivity index (χ4n) is 4.27. The van der Waals surface area contributed by atoms with Crippen molar-refractivity contribution in [3.05, 3.63) is 127 Å². The monoisotopic (exact) mass is 497 g/mol. The molecule has 37 heavy (non-hydrogen) atoms. The summed E-state index contributed by atoms with van der Waals surface area (Å²) in [5.41, 5.74) is 6.22. The van der Waals surface area contributed by atoms with E-state index in [0.29, 0.717) is 22.5 Å². The Hall–Kier alpha value is -4.74. The van der Waals surface area contributed by atoms with Crippen LogP contribution in [0.25, 0.3) is 56.4 Å². The van der Waals surface area contributed by atoms with E-state index >= 15 is 0 Å². The molecule has 0 aliphatic heterocycles. The van der Waals surface area contributed by atoms with Crippen molar-refractivity contribution in [3.63, 3.8) is 0 Å². The quantitative estimate of drug-likeness (QED) is 0.245. The third kappa shape index (κ3) is 4.73. The molecule has 0 aliphatic carbocycles. The van der Waals surface area contributed by atoms with Crippen LogP contribution in [0.15, 0.2) is 122 Å². The summed E-state index contributed by atoms with van der Waals surface area (Å²) in [6.07, 6.45) is 7.14. The van der Waals surface area contributed by atoms with Crippen molar-refractivity contribution in [1.82, 2.24) is 24.9 Å². The predicted molar refractivity (Wildman–Crippen MR) is 148 cm³/mol. The Labute approximate surface area is 219 Å². The van der Waals surface area contributed by atoms with E-state index in [1.807, 2.05) is 109 Å². The molecular formula is C31H20ClN5. The van der Waals surface area contributed by atoms with E-state index in [1.54, 1.807) is 12.4 Å². The van der Waals surface area contributed by atoms with Crippen LogP contribution in [0.1, 0.15) is 0 Å². The first-order valence-corrected chi connectivity index (χ1v) is 12.2. The number of nitrogens with zero attached hydrogens (tertiary/aromatic N) is 5. The van der Waals surface area contributed by atoms with Crippen molar-refractivity contribution < 1.29 is 0 Å². The Morgan fingerprint density at radius 3 is 1.32 bits per heavy atom. The number of pyridine rings is 2. The first-order chi connectivity index (χ1) is 18.3. The predicted octanol–water partition coefficient (Wildman–Crippen LogP) is 7.65. The Morgan fingerprint density at radius 1 is 0.459 bits per heavy atom. The first-order valence-electron chi connectivity index (χ1n) is 11.8. The summed E-state index contributed by atoms with van der Waals surface area (Å²) < 4.78 is 0. The molecule has 0 spiro atoms. The number of halogens is 1. The highest BCUT2D eigenvalue weighted by Gasteiger charge is 2.21. The van der Waals surface area contributed by atoms with E-state index in [4.69, 9.17) is 26.6 Å². The van der Waals surface area contributed by atoms with Crippen LogP contribution < -0.4 is 0 Å². The highest BCUT2D eigenvalue weighted by Crippen LogP contribution is 2.41. The number of hydrogen-bond donors (Lipinski definition) is 0. The lowest BCUT2D eigenvalue weighted by Gasteiger charge is -2.17. The Balaban J connectivity index is 1.69. The molecule has 3 aromatic carbocycles. The molecule has 6 heteroatoms. The van der Waals surface area contributed by atoms with E-state index in [1.165, 1.54) is 0 Å². The molecule has 6 rings (SSSR count). The standard InChI is InChI=1S/C31H20ClN5/c32-25-17-26(23-13-7-15-33-19-23)28(27(18-25)24-14-8-16-34-20-24)31-36-29(21-9-3-1-4-10-21)35-30(37-31)22-11-5-2-6-12-22/h1-20H. The van der Waals surface area contributed by atoms with Gasteiger partial charge >= 0.3 is 0 Å². The molecule has 0 radical (unpaired) electrons. The lowest BCUT2D eigenvalue weighted by molar-refractivity contribution is 1.07. The molecule has 3 aromatic heterocycles. The molecule has 0 bridgehead atoms. The van der Waals surface area contributed by atoms with Gasteiger partial charge in [-0.05, 0) is 35.4 Å². The zero-order valence-corrected chi connectivity index (χ0v) is 20.4. The van der Waals surface area contributed by atoms with Crippen molar-refractivity contribution in [1.29, 1.82) is 0 Å². The van der Waals surface area contributed by atoms with Crippen molar-refractivity contribution in [2.24, 2.45) is 0 Å². The minimum atomic E-state index is 0.544. The minimum Gasteiger partial charge on any atom is -0.264 e. The van der Waals surface area contributed by atoms with Gasteiger partial charge in [0.05, 0.1) is 0 Å². The third-order valence-electron chi connectivity index (χ3n) is 5.97. The molecule has 0 aliphatic rings. The van der Waals surface area contributed by atoms with Gasteiger partial charge in [0.2, 0.25) is 0 Å². The Kier molecular flexibility index (Phi) is 6.19. The normalized spacial score (nSPS) is 10.8. The largest absolute Gasteiger partial charge is 0.264 e. The minimum absolute atomic E-state index is 0.544. The molecule has 0 saturated carbocycles. The molecule has 0 N–H and O–H groups in total. The smallest absolute Gasteiger partial charge is 0.165 e. The summed E-state index contributed by atoms with van der Waals surface area (Å²) in [6, 6.07) is 31.5. The van der Waals surface area contributed by atoms with Gasteiger partial charge in [-0.2, -0.15) is 0 Å². The van der Waals surface area contributed by atoms with Gasteiger partial charge in [0.25, 0.3) is 0 Å². The molecule has 3 heterocycles. The molecule has 5 nitrogen and oxygen atoms in total. The average molecular weight is 498 g/mol. The summed E-state index contributed by atoms with van der Waals surface area (Å²) in [7, 11) is 0. The molecule has 0 atom stereocenters. The van der Waals surface area contributed by atoms with Crippen LogP contribution in [0.3, 0.4) is 0 Å². The second kappa shape index (κ2) is 10.1. The Morgan fingerprint density at radius 2 is 0.892 bits per heavy atom. The third-order valence-corrected chi connectivity index (χ3v) is 6.19. The van der Waals surface area contributed by atoms with E-state index in [-0.39, 0.29) is 0 Å². The van der Waals surface area contributed by atoms with Gasteiger partial charge in [-0.3, -0.25) is 9.97 Å². The van der Waals surface area contributed by atoms with Gasteiger partial charge in [-0.15, -0.1) is 0 Å². The van der Waals surface area contributed by atoms with Gasteiger partial charge in [-0.25, -0.2) is 15.0 Å². The first kappa shape index (κ1) is 22.7. The van der Waals surface area contributed by atoms with Gasteiger partial charge in [-0.1, -0.05) is 84.4 Å². The molecule has 0 unspecified atom stereocenters. The van der Waals surface area contributed by atoms with E-state index in [2.05, 4.69) is 9.97 Å². The topological polar surface area (TPSA) is 64.5 Å². The van der Waals surface area contributed by atoms with Gasteiger partial charge < -0.3 is 0 Å². The van der Waals surface area contributed by atoms with Crippen molar-refractivity contribution in [3.8, 4) is 56.4 Å². The summed E-state index contributed by atoms with van der Waals surface area (Å²) in [5, 5.41) is 0.599. The van der Waals surface area contributed by atoms with Crippen LogP contribution in [-0.4, -0.2) is 24.9 Å². The van der Waals surface area contributed by atoms with Crippen molar-refractivity contribution in [2.75, 3.05) is 0 Å². The maximum atomic E-state index is 6.67. The fourth-order valence-corrected chi connectivity index (χ4v) is 4.49. The van der Waals surface area contributed by atoms with Crippen LogP contribution in [0.2, 0.25) is 5.02 Å². The van der Waals surface area contributed by atoms with Crippen LogP contribution in [0.4, 0.5) is 0 Å². The SMILES string of the molecule is Clc1cc(-c2cccnc2)c(-c2nc(-c3ccccc3)nc(-c3ccccc3)n2)c(-c2cccnc2)c1. The number of hydrogen-bond acceptors (Lipinski definition) is 5. The van der Waals surface area contributed by atoms with Crippen LogP contribution in [0.5, 0.6) is 0 Å². The molecule has 0 amide bonds. The fraction of sp³-hybridized carbons (Fsp3) is 0. The van der Waals surface area contributed by atoms with Gasteiger partial charge in [0.1, 0.15) is 0 Å². The van der Waals surface area contributed by atoms with E-state index in [9.17, 15) is 0 Å². The summed E-state index contributed by atoms with van der Waals surface area (Å²) in [5.74, 6) is 1.73. The number of rotatable bonds is 5. The number of benzene rings is 3. The lowest BCUT2D eigenvalue weighted by Crippen LogP contribution is -2.02. The molecule has 6 aromatic rings. The zero-order chi connectivity index (χ0) is 25.0. The lowest BCUT2D eigenvalue weighted by atomic mass is 9.92. The van der Waals surface area contributed by atoms with Crippen molar-refractivity contribution >= 4 is 11.6 Å². The van der Waals surface area contributed by atoms with E-state index in [0.717, 1.165) is 38.9 Å². The van der Waals surface area contributed by atoms with Crippen LogP contribution >= 0.6 is 11.6 Å². The average Bonchev–Trinajstić information content (AvgIpc) is 2.98. The highest BCUT2D eigenvalue weighted by atomic mass is 35.5. The van der Waals surface area contributed by atoms with Gasteiger partial charge in [0.15, 0.2) is 17.5 Å². The van der Waals surface area contributed by atoms with Crippen molar-refractivity contribution in [2.45, 2.75) is 0 Å². The maximum absolute atomic E-state index is 6.67. The Bertz CT molecular complexity index is 1540. The number of aromatic nitrogens is 5. The van der Waals surface area contributed by atoms with E-state index < -0.39 is 0 Å². The molecular weight excluding hydrogens is 478 g/mol.